The predicted molar refractivity (Wildman–Crippen MR) is 53.3 cm³/mol. The minimum Gasteiger partial charge on any atom is -0.396 e. The Bertz CT molecular complexity index is 315. The molecule has 0 heterocycles. The quantitative estimate of drug-likeness (QED) is 0.723. The Kier molecular flexibility index (Phi) is 3.12. The zero-order valence-corrected chi connectivity index (χ0v) is 8.32. The van der Waals surface area contributed by atoms with Crippen LogP contribution in [-0.2, 0) is 0 Å². The fourth-order valence-electron chi connectivity index (χ4n) is 1.07. The van der Waals surface area contributed by atoms with E-state index in [1.165, 1.54) is 6.07 Å². The van der Waals surface area contributed by atoms with Gasteiger partial charge in [-0.1, -0.05) is 17.7 Å². The van der Waals surface area contributed by atoms with Gasteiger partial charge in [0, 0.05) is 6.04 Å². The van der Waals surface area contributed by atoms with Crippen LogP contribution in [0.15, 0.2) is 12.1 Å². The van der Waals surface area contributed by atoms with Crippen molar-refractivity contribution in [2.45, 2.75) is 13.0 Å². The second-order valence-corrected chi connectivity index (χ2v) is 3.26. The number of nitrogens with two attached hydrogens (primary N) is 1. The van der Waals surface area contributed by atoms with Crippen molar-refractivity contribution in [2.75, 3.05) is 12.8 Å². The average Bonchev–Trinajstić information content (AvgIpc) is 2.13. The third-order valence-corrected chi connectivity index (χ3v) is 2.43. The van der Waals surface area contributed by atoms with E-state index in [1.54, 1.807) is 13.1 Å². The Morgan fingerprint density at radius 2 is 2.15 bits per heavy atom. The number of halogens is 2. The van der Waals surface area contributed by atoms with Gasteiger partial charge in [0.1, 0.15) is 0 Å². The molecular weight excluding hydrogens is 191 g/mol. The lowest BCUT2D eigenvalue weighted by Crippen LogP contribution is -2.13. The summed E-state index contributed by atoms with van der Waals surface area (Å²) in [4.78, 5) is 0. The molecule has 4 heteroatoms. The summed E-state index contributed by atoms with van der Waals surface area (Å²) < 4.78 is 13.2. The summed E-state index contributed by atoms with van der Waals surface area (Å²) >= 11 is 5.78. The summed E-state index contributed by atoms with van der Waals surface area (Å²) in [6, 6.07) is 3.26. The van der Waals surface area contributed by atoms with E-state index in [1.807, 2.05) is 6.92 Å². The van der Waals surface area contributed by atoms with Gasteiger partial charge >= 0.3 is 0 Å². The van der Waals surface area contributed by atoms with Gasteiger partial charge in [-0.15, -0.1) is 0 Å². The van der Waals surface area contributed by atoms with Gasteiger partial charge in [0.2, 0.25) is 0 Å². The molecule has 0 bridgehead atoms. The first-order valence-electron chi connectivity index (χ1n) is 3.98. The van der Waals surface area contributed by atoms with Crippen LogP contribution in [-0.4, -0.2) is 7.05 Å². The molecule has 0 saturated heterocycles. The van der Waals surface area contributed by atoms with Crippen LogP contribution in [0.5, 0.6) is 0 Å². The highest BCUT2D eigenvalue weighted by Crippen LogP contribution is 2.28. The van der Waals surface area contributed by atoms with Crippen molar-refractivity contribution < 1.29 is 4.39 Å². The Hall–Kier alpha value is -0.800. The molecule has 0 aliphatic rings. The summed E-state index contributed by atoms with van der Waals surface area (Å²) in [7, 11) is 1.79. The van der Waals surface area contributed by atoms with Crippen LogP contribution in [0, 0.1) is 5.82 Å². The molecule has 0 aliphatic carbocycles. The highest BCUT2D eigenvalue weighted by Gasteiger charge is 2.13. The van der Waals surface area contributed by atoms with Crippen molar-refractivity contribution in [3.8, 4) is 0 Å². The molecule has 0 aromatic heterocycles. The van der Waals surface area contributed by atoms with Crippen molar-refractivity contribution in [1.82, 2.24) is 5.32 Å². The maximum atomic E-state index is 13.2. The third-order valence-electron chi connectivity index (χ3n) is 2.04. The second-order valence-electron chi connectivity index (χ2n) is 2.88. The summed E-state index contributed by atoms with van der Waals surface area (Å²) in [5.41, 5.74) is 6.15. The van der Waals surface area contributed by atoms with Gasteiger partial charge in [-0.05, 0) is 25.6 Å². The smallest absolute Gasteiger partial charge is 0.164 e. The fourth-order valence-corrected chi connectivity index (χ4v) is 1.41. The van der Waals surface area contributed by atoms with Gasteiger partial charge in [-0.3, -0.25) is 0 Å². The van der Waals surface area contributed by atoms with Gasteiger partial charge in [0.25, 0.3) is 0 Å². The largest absolute Gasteiger partial charge is 0.396 e. The molecule has 2 nitrogen and oxygen atoms in total. The van der Waals surface area contributed by atoms with Crippen molar-refractivity contribution in [1.29, 1.82) is 0 Å². The number of nitrogens with one attached hydrogen (secondary N) is 1. The van der Waals surface area contributed by atoms with Crippen LogP contribution >= 0.6 is 11.6 Å². The van der Waals surface area contributed by atoms with Crippen molar-refractivity contribution in [3.63, 3.8) is 0 Å². The van der Waals surface area contributed by atoms with Crippen LogP contribution in [0.3, 0.4) is 0 Å². The standard InChI is InChI=1S/C9H12ClFN2/c1-5(13-2)6-3-4-7(12)9(11)8(6)10/h3-5,13H,12H2,1-2H3/t5-/m0/s1. The van der Waals surface area contributed by atoms with Gasteiger partial charge in [-0.25, -0.2) is 4.39 Å². The van der Waals surface area contributed by atoms with E-state index in [-0.39, 0.29) is 16.8 Å². The number of nitrogen functional groups attached to an aromatic ring is 1. The number of benzene rings is 1. The van der Waals surface area contributed by atoms with Crippen molar-refractivity contribution in [2.24, 2.45) is 0 Å². The summed E-state index contributed by atoms with van der Waals surface area (Å²) in [6.45, 7) is 1.90. The molecule has 0 amide bonds. The van der Waals surface area contributed by atoms with Crippen molar-refractivity contribution >= 4 is 17.3 Å². The Morgan fingerprint density at radius 1 is 1.54 bits per heavy atom. The fraction of sp³-hybridized carbons (Fsp3) is 0.333. The molecule has 1 rings (SSSR count). The molecule has 13 heavy (non-hydrogen) atoms. The summed E-state index contributed by atoms with van der Waals surface area (Å²) in [6.07, 6.45) is 0. The lowest BCUT2D eigenvalue weighted by atomic mass is 10.1. The highest BCUT2D eigenvalue weighted by atomic mass is 35.5. The lowest BCUT2D eigenvalue weighted by molar-refractivity contribution is 0.613. The summed E-state index contributed by atoms with van der Waals surface area (Å²) in [5, 5.41) is 3.08. The first-order chi connectivity index (χ1) is 6.07. The number of rotatable bonds is 2. The molecule has 1 aromatic carbocycles. The molecule has 0 fully saturated rings. The maximum Gasteiger partial charge on any atom is 0.164 e. The Balaban J connectivity index is 3.18. The van der Waals surface area contributed by atoms with E-state index in [9.17, 15) is 4.39 Å². The van der Waals surface area contributed by atoms with Crippen LogP contribution in [0.25, 0.3) is 0 Å². The molecule has 0 spiro atoms. The maximum absolute atomic E-state index is 13.2. The number of hydrogen-bond acceptors (Lipinski definition) is 2. The monoisotopic (exact) mass is 202 g/mol. The van der Waals surface area contributed by atoms with E-state index in [4.69, 9.17) is 17.3 Å². The summed E-state index contributed by atoms with van der Waals surface area (Å²) in [5.74, 6) is -0.540. The molecule has 1 atom stereocenters. The topological polar surface area (TPSA) is 38.0 Å². The molecule has 0 unspecified atom stereocenters. The Labute approximate surface area is 81.9 Å². The van der Waals surface area contributed by atoms with Crippen LogP contribution in [0.1, 0.15) is 18.5 Å². The average molecular weight is 203 g/mol. The number of hydrogen-bond donors (Lipinski definition) is 2. The number of anilines is 1. The first kappa shape index (κ1) is 10.3. The second kappa shape index (κ2) is 3.94. The molecule has 3 N–H and O–H groups in total. The van der Waals surface area contributed by atoms with Gasteiger partial charge in [0.15, 0.2) is 5.82 Å². The van der Waals surface area contributed by atoms with Gasteiger partial charge in [-0.2, -0.15) is 0 Å². The zero-order valence-electron chi connectivity index (χ0n) is 7.57. The van der Waals surface area contributed by atoms with E-state index >= 15 is 0 Å². The highest BCUT2D eigenvalue weighted by molar-refractivity contribution is 6.31. The molecule has 0 radical (unpaired) electrons. The normalized spacial score (nSPS) is 12.9. The molecule has 1 aromatic rings. The minimum absolute atomic E-state index is 0.0163. The Morgan fingerprint density at radius 3 is 2.69 bits per heavy atom. The molecule has 0 aliphatic heterocycles. The zero-order chi connectivity index (χ0) is 10.0. The predicted octanol–water partition coefficient (Wildman–Crippen LogP) is 2.34. The van der Waals surface area contributed by atoms with E-state index in [0.717, 1.165) is 5.56 Å². The SMILES string of the molecule is CN[C@@H](C)c1ccc(N)c(F)c1Cl. The van der Waals surface area contributed by atoms with Gasteiger partial charge in [0.05, 0.1) is 10.7 Å². The van der Waals surface area contributed by atoms with E-state index in [2.05, 4.69) is 5.32 Å². The molecule has 72 valence electrons. The van der Waals surface area contributed by atoms with Crippen LogP contribution in [0.4, 0.5) is 10.1 Å². The molecule has 0 saturated carbocycles. The van der Waals surface area contributed by atoms with Crippen molar-refractivity contribution in [3.05, 3.63) is 28.5 Å². The minimum atomic E-state index is -0.540. The third kappa shape index (κ3) is 1.92. The van der Waals surface area contributed by atoms with Crippen LogP contribution in [0.2, 0.25) is 5.02 Å². The first-order valence-corrected chi connectivity index (χ1v) is 4.36. The van der Waals surface area contributed by atoms with Crippen LogP contribution < -0.4 is 11.1 Å². The van der Waals surface area contributed by atoms with Gasteiger partial charge < -0.3 is 11.1 Å². The lowest BCUT2D eigenvalue weighted by Gasteiger charge is -2.13. The van der Waals surface area contributed by atoms with E-state index in [0.29, 0.717) is 0 Å². The van der Waals surface area contributed by atoms with E-state index < -0.39 is 5.82 Å². The molecular formula is C9H12ClFN2.